The minimum atomic E-state index is 0.123. The Morgan fingerprint density at radius 2 is 2.42 bits per heavy atom. The van der Waals surface area contributed by atoms with E-state index < -0.39 is 0 Å². The number of aliphatic hydroxyl groups excluding tert-OH is 1. The molecule has 1 rings (SSSR count). The number of allylic oxidation sites excluding steroid dienone is 3. The maximum Gasteiger partial charge on any atom is 0.0923 e. The Bertz CT molecular complexity index is 264. The molecule has 0 spiro atoms. The summed E-state index contributed by atoms with van der Waals surface area (Å²) >= 11 is 0.530. The average molecular weight is 185 g/mol. The van der Waals surface area contributed by atoms with Gasteiger partial charge in [-0.05, 0) is 12.2 Å². The highest BCUT2D eigenvalue weighted by Gasteiger charge is 1.99. The summed E-state index contributed by atoms with van der Waals surface area (Å²) in [6, 6.07) is 0. The van der Waals surface area contributed by atoms with E-state index in [1.165, 1.54) is 0 Å². The molecule has 3 nitrogen and oxygen atoms in total. The van der Waals surface area contributed by atoms with Gasteiger partial charge in [0.1, 0.15) is 0 Å². The lowest BCUT2D eigenvalue weighted by Crippen LogP contribution is -2.18. The van der Waals surface area contributed by atoms with Gasteiger partial charge in [0, 0.05) is 23.5 Å². The highest BCUT2D eigenvalue weighted by atomic mass is 32.1. The second-order valence-corrected chi connectivity index (χ2v) is 3.09. The van der Waals surface area contributed by atoms with E-state index in [2.05, 4.69) is 5.32 Å². The summed E-state index contributed by atoms with van der Waals surface area (Å²) in [5, 5.41) is 11.5. The first kappa shape index (κ1) is 9.22. The number of rotatable bonds is 3. The average Bonchev–Trinajstić information content (AvgIpc) is 2.15. The molecule has 1 aliphatic carbocycles. The Hall–Kier alpha value is -0.870. The lowest BCUT2D eigenvalue weighted by Gasteiger charge is -2.08. The molecule has 0 aromatic carbocycles. The number of nitrogens with one attached hydrogen (secondary N) is 1. The Labute approximate surface area is 74.9 Å². The molecule has 1 aliphatic rings. The molecule has 2 N–H and O–H groups in total. The summed E-state index contributed by atoms with van der Waals surface area (Å²) in [6.07, 6.45) is 6.28. The van der Waals surface area contributed by atoms with Crippen LogP contribution in [0.5, 0.6) is 0 Å². The predicted octanol–water partition coefficient (Wildman–Crippen LogP) is -0.203. The molecule has 12 heavy (non-hydrogen) atoms. The fraction of sp³-hybridized carbons (Fsp3) is 0.375. The summed E-state index contributed by atoms with van der Waals surface area (Å²) in [7, 11) is 0. The van der Waals surface area contributed by atoms with Gasteiger partial charge in [0.25, 0.3) is 0 Å². The Balaban J connectivity index is 2.46. The van der Waals surface area contributed by atoms with Gasteiger partial charge >= 0.3 is 0 Å². The highest BCUT2D eigenvalue weighted by molar-refractivity contribution is 7.66. The highest BCUT2D eigenvalue weighted by Crippen LogP contribution is 2.03. The van der Waals surface area contributed by atoms with E-state index in [0.29, 0.717) is 24.2 Å². The van der Waals surface area contributed by atoms with Crippen LogP contribution in [0.25, 0.3) is 0 Å². The number of aliphatic hydroxyl groups is 1. The monoisotopic (exact) mass is 185 g/mol. The van der Waals surface area contributed by atoms with Crippen molar-refractivity contribution >= 4 is 16.1 Å². The van der Waals surface area contributed by atoms with E-state index in [4.69, 9.17) is 5.11 Å². The molecule has 4 heteroatoms. The molecular weight excluding hydrogens is 174 g/mol. The maximum atomic E-state index is 10.3. The largest absolute Gasteiger partial charge is 0.395 e. The van der Waals surface area contributed by atoms with Crippen LogP contribution in [-0.2, 0) is 11.3 Å². The van der Waals surface area contributed by atoms with Crippen molar-refractivity contribution in [3.63, 3.8) is 0 Å². The van der Waals surface area contributed by atoms with Gasteiger partial charge < -0.3 is 10.4 Å². The molecule has 0 bridgehead atoms. The molecule has 0 aliphatic heterocycles. The Kier molecular flexibility index (Phi) is 3.76. The summed E-state index contributed by atoms with van der Waals surface area (Å²) in [5.74, 6) is 0. The van der Waals surface area contributed by atoms with Crippen LogP contribution in [0.1, 0.15) is 6.42 Å². The second-order valence-electron chi connectivity index (χ2n) is 2.40. The van der Waals surface area contributed by atoms with E-state index in [0.717, 1.165) is 10.6 Å². The van der Waals surface area contributed by atoms with Crippen molar-refractivity contribution in [2.75, 3.05) is 13.2 Å². The third-order valence-corrected chi connectivity index (χ3v) is 2.04. The zero-order chi connectivity index (χ0) is 8.81. The van der Waals surface area contributed by atoms with E-state index in [1.807, 2.05) is 12.2 Å². The summed E-state index contributed by atoms with van der Waals surface area (Å²) in [5.41, 5.74) is 0.974. The molecule has 0 aromatic heterocycles. The first-order valence-electron chi connectivity index (χ1n) is 3.75. The van der Waals surface area contributed by atoms with Crippen molar-refractivity contribution in [3.05, 3.63) is 23.9 Å². The first-order chi connectivity index (χ1) is 5.86. The molecule has 0 radical (unpaired) electrons. The van der Waals surface area contributed by atoms with E-state index in [-0.39, 0.29) is 6.61 Å². The molecule has 66 valence electrons. The van der Waals surface area contributed by atoms with Crippen LogP contribution in [0, 0.1) is 0 Å². The SMILES string of the molecule is O=S=C1C=CC(NCCO)=CC1. The molecule has 0 saturated carbocycles. The van der Waals surface area contributed by atoms with E-state index in [9.17, 15) is 4.21 Å². The van der Waals surface area contributed by atoms with Crippen LogP contribution in [0.3, 0.4) is 0 Å². The van der Waals surface area contributed by atoms with Crippen LogP contribution in [0.2, 0.25) is 0 Å². The molecule has 0 heterocycles. The van der Waals surface area contributed by atoms with Crippen LogP contribution < -0.4 is 5.32 Å². The third kappa shape index (κ3) is 2.64. The summed E-state index contributed by atoms with van der Waals surface area (Å²) in [4.78, 5) is 0.824. The predicted molar refractivity (Wildman–Crippen MR) is 50.1 cm³/mol. The van der Waals surface area contributed by atoms with E-state index >= 15 is 0 Å². The van der Waals surface area contributed by atoms with Crippen molar-refractivity contribution in [2.45, 2.75) is 6.42 Å². The third-order valence-electron chi connectivity index (χ3n) is 1.52. The first-order valence-corrected chi connectivity index (χ1v) is 4.49. The second kappa shape index (κ2) is 4.90. The zero-order valence-corrected chi connectivity index (χ0v) is 7.43. The van der Waals surface area contributed by atoms with Crippen LogP contribution in [0.4, 0.5) is 0 Å². The van der Waals surface area contributed by atoms with Gasteiger partial charge in [-0.3, -0.25) is 0 Å². The maximum absolute atomic E-state index is 10.3. The minimum Gasteiger partial charge on any atom is -0.395 e. The topological polar surface area (TPSA) is 49.3 Å². The van der Waals surface area contributed by atoms with Crippen LogP contribution in [0.15, 0.2) is 23.9 Å². The van der Waals surface area contributed by atoms with E-state index in [1.54, 1.807) is 6.08 Å². The standard InChI is InChI=1S/C8H11NO2S/c10-6-5-9-7-1-3-8(12-11)4-2-7/h1-3,9-10H,4-6H2. The molecule has 0 saturated heterocycles. The van der Waals surface area contributed by atoms with Crippen molar-refractivity contribution in [3.8, 4) is 0 Å². The Morgan fingerprint density at radius 3 is 2.92 bits per heavy atom. The van der Waals surface area contributed by atoms with Gasteiger partial charge in [0.15, 0.2) is 0 Å². The molecule has 0 atom stereocenters. The Morgan fingerprint density at radius 1 is 1.58 bits per heavy atom. The van der Waals surface area contributed by atoms with Gasteiger partial charge in [-0.15, -0.1) is 0 Å². The molecule has 0 aromatic rings. The fourth-order valence-corrected chi connectivity index (χ4v) is 1.20. The molecule has 0 amide bonds. The van der Waals surface area contributed by atoms with Crippen LogP contribution >= 0.6 is 0 Å². The zero-order valence-electron chi connectivity index (χ0n) is 6.62. The number of hydrogen-bond acceptors (Lipinski definition) is 3. The molecule has 0 unspecified atom stereocenters. The van der Waals surface area contributed by atoms with Gasteiger partial charge in [0.2, 0.25) is 0 Å². The van der Waals surface area contributed by atoms with Crippen LogP contribution in [-0.4, -0.2) is 27.3 Å². The normalized spacial score (nSPS) is 15.8. The minimum absolute atomic E-state index is 0.123. The van der Waals surface area contributed by atoms with Gasteiger partial charge in [-0.1, -0.05) is 6.08 Å². The van der Waals surface area contributed by atoms with Crippen molar-refractivity contribution in [1.29, 1.82) is 0 Å². The van der Waals surface area contributed by atoms with Crippen molar-refractivity contribution < 1.29 is 9.32 Å². The summed E-state index contributed by atoms with van der Waals surface area (Å²) < 4.78 is 10.3. The number of hydrogen-bond donors (Lipinski definition) is 2. The quantitative estimate of drug-likeness (QED) is 0.599. The fourth-order valence-electron chi connectivity index (χ4n) is 0.922. The molecular formula is C8H11NO2S. The smallest absolute Gasteiger partial charge is 0.0923 e. The van der Waals surface area contributed by atoms with Crippen molar-refractivity contribution in [2.24, 2.45) is 0 Å². The lowest BCUT2D eigenvalue weighted by atomic mass is 10.1. The van der Waals surface area contributed by atoms with Gasteiger partial charge in [0.05, 0.1) is 17.9 Å². The lowest BCUT2D eigenvalue weighted by molar-refractivity contribution is 0.297. The van der Waals surface area contributed by atoms with Crippen molar-refractivity contribution in [1.82, 2.24) is 5.32 Å². The van der Waals surface area contributed by atoms with Gasteiger partial charge in [-0.2, -0.15) is 0 Å². The van der Waals surface area contributed by atoms with Gasteiger partial charge in [-0.25, -0.2) is 4.21 Å². The summed E-state index contributed by atoms with van der Waals surface area (Å²) in [6.45, 7) is 0.675. The molecule has 0 fully saturated rings.